The maximum atomic E-state index is 5.13. The fourth-order valence-electron chi connectivity index (χ4n) is 1.18. The van der Waals surface area contributed by atoms with Gasteiger partial charge in [0.05, 0.1) is 6.04 Å². The zero-order valence-corrected chi connectivity index (χ0v) is 8.93. The maximum Gasteiger partial charge on any atom is 0.176 e. The van der Waals surface area contributed by atoms with Gasteiger partial charge in [0.25, 0.3) is 0 Å². The summed E-state index contributed by atoms with van der Waals surface area (Å²) in [5.41, 5.74) is 1.11. The smallest absolute Gasteiger partial charge is 0.176 e. The molecule has 0 radical (unpaired) electrons. The fourth-order valence-corrected chi connectivity index (χ4v) is 1.78. The molecule has 0 aliphatic carbocycles. The first kappa shape index (κ1) is 10.5. The van der Waals surface area contributed by atoms with E-state index in [-0.39, 0.29) is 12.3 Å². The molecule has 0 aliphatic rings. The Hall–Kier alpha value is -0.580. The number of ether oxygens (including phenoxy) is 2. The number of hydrogen-bond acceptors (Lipinski definition) is 4. The number of thiophene rings is 1. The zero-order valence-electron chi connectivity index (χ0n) is 8.11. The number of anilines is 1. The van der Waals surface area contributed by atoms with E-state index in [0.29, 0.717) is 0 Å². The van der Waals surface area contributed by atoms with Gasteiger partial charge in [0.1, 0.15) is 0 Å². The second-order valence-electron chi connectivity index (χ2n) is 2.78. The molecular weight excluding hydrogens is 186 g/mol. The normalized spacial score (nSPS) is 13.2. The summed E-state index contributed by atoms with van der Waals surface area (Å²) in [4.78, 5) is 0. The van der Waals surface area contributed by atoms with Crippen LogP contribution < -0.4 is 5.32 Å². The monoisotopic (exact) mass is 201 g/mol. The van der Waals surface area contributed by atoms with Crippen molar-refractivity contribution in [3.63, 3.8) is 0 Å². The van der Waals surface area contributed by atoms with Gasteiger partial charge in [0, 0.05) is 25.3 Å². The molecule has 0 saturated heterocycles. The van der Waals surface area contributed by atoms with Gasteiger partial charge in [-0.2, -0.15) is 11.3 Å². The van der Waals surface area contributed by atoms with E-state index >= 15 is 0 Å². The molecule has 13 heavy (non-hydrogen) atoms. The number of hydrogen-bond donors (Lipinski definition) is 1. The Bertz CT molecular complexity index is 222. The summed E-state index contributed by atoms with van der Waals surface area (Å²) < 4.78 is 10.3. The standard InChI is InChI=1S/C9H15NO2S/c1-7(9(11-2)12-3)10-8-4-5-13-6-8/h4-7,9-10H,1-3H3. The average molecular weight is 201 g/mol. The van der Waals surface area contributed by atoms with E-state index in [0.717, 1.165) is 5.69 Å². The summed E-state index contributed by atoms with van der Waals surface area (Å²) in [7, 11) is 3.28. The molecule has 0 aliphatic heterocycles. The molecule has 3 nitrogen and oxygen atoms in total. The van der Waals surface area contributed by atoms with Crippen LogP contribution in [0.3, 0.4) is 0 Å². The van der Waals surface area contributed by atoms with Crippen molar-refractivity contribution in [2.45, 2.75) is 19.3 Å². The third-order valence-electron chi connectivity index (χ3n) is 1.79. The van der Waals surface area contributed by atoms with Crippen molar-refractivity contribution in [2.75, 3.05) is 19.5 Å². The molecule has 0 fully saturated rings. The van der Waals surface area contributed by atoms with Crippen molar-refractivity contribution >= 4 is 17.0 Å². The van der Waals surface area contributed by atoms with Gasteiger partial charge in [-0.15, -0.1) is 0 Å². The van der Waals surface area contributed by atoms with Crippen LogP contribution in [-0.2, 0) is 9.47 Å². The topological polar surface area (TPSA) is 30.5 Å². The van der Waals surface area contributed by atoms with E-state index in [9.17, 15) is 0 Å². The predicted octanol–water partition coefficient (Wildman–Crippen LogP) is 2.17. The molecule has 74 valence electrons. The van der Waals surface area contributed by atoms with Crippen LogP contribution >= 0.6 is 11.3 Å². The molecule has 4 heteroatoms. The van der Waals surface area contributed by atoms with E-state index in [1.807, 2.05) is 18.4 Å². The van der Waals surface area contributed by atoms with Crippen molar-refractivity contribution < 1.29 is 9.47 Å². The quantitative estimate of drug-likeness (QED) is 0.741. The Kier molecular flexibility index (Phi) is 4.21. The van der Waals surface area contributed by atoms with Gasteiger partial charge in [-0.05, 0) is 18.4 Å². The van der Waals surface area contributed by atoms with Crippen LogP contribution in [0.1, 0.15) is 6.92 Å². The minimum absolute atomic E-state index is 0.143. The highest BCUT2D eigenvalue weighted by Crippen LogP contribution is 2.14. The summed E-state index contributed by atoms with van der Waals surface area (Å²) in [5.74, 6) is 0. The highest BCUT2D eigenvalue weighted by Gasteiger charge is 2.14. The average Bonchev–Trinajstić information content (AvgIpc) is 2.59. The van der Waals surface area contributed by atoms with Crippen molar-refractivity contribution in [3.8, 4) is 0 Å². The predicted molar refractivity (Wildman–Crippen MR) is 55.2 cm³/mol. The summed E-state index contributed by atoms with van der Waals surface area (Å²) in [6.07, 6.45) is -0.208. The first-order chi connectivity index (χ1) is 6.27. The number of methoxy groups -OCH3 is 2. The molecule has 0 spiro atoms. The van der Waals surface area contributed by atoms with E-state index in [4.69, 9.17) is 9.47 Å². The van der Waals surface area contributed by atoms with E-state index in [2.05, 4.69) is 10.7 Å². The Labute approximate surface area is 82.7 Å². The molecule has 1 rings (SSSR count). The zero-order chi connectivity index (χ0) is 9.68. The van der Waals surface area contributed by atoms with E-state index < -0.39 is 0 Å². The van der Waals surface area contributed by atoms with Crippen LogP contribution in [0.4, 0.5) is 5.69 Å². The molecule has 0 saturated carbocycles. The highest BCUT2D eigenvalue weighted by molar-refractivity contribution is 7.08. The minimum Gasteiger partial charge on any atom is -0.377 e. The van der Waals surface area contributed by atoms with Gasteiger partial charge in [-0.3, -0.25) is 0 Å². The van der Waals surface area contributed by atoms with Crippen molar-refractivity contribution in [2.24, 2.45) is 0 Å². The van der Waals surface area contributed by atoms with Gasteiger partial charge in [-0.1, -0.05) is 0 Å². The molecule has 1 heterocycles. The van der Waals surface area contributed by atoms with Gasteiger partial charge >= 0.3 is 0 Å². The van der Waals surface area contributed by atoms with E-state index in [1.165, 1.54) is 0 Å². The lowest BCUT2D eigenvalue weighted by Crippen LogP contribution is -2.33. The minimum atomic E-state index is -0.208. The summed E-state index contributed by atoms with van der Waals surface area (Å²) in [5, 5.41) is 7.37. The Morgan fingerprint density at radius 1 is 1.38 bits per heavy atom. The third kappa shape index (κ3) is 2.99. The Balaban J connectivity index is 2.44. The van der Waals surface area contributed by atoms with Crippen LogP contribution in [0.2, 0.25) is 0 Å². The van der Waals surface area contributed by atoms with Gasteiger partial charge < -0.3 is 14.8 Å². The van der Waals surface area contributed by atoms with Crippen LogP contribution in [0.5, 0.6) is 0 Å². The molecule has 0 aromatic carbocycles. The lowest BCUT2D eigenvalue weighted by atomic mass is 10.3. The lowest BCUT2D eigenvalue weighted by Gasteiger charge is -2.22. The number of rotatable bonds is 5. The molecule has 1 aromatic rings. The first-order valence-corrected chi connectivity index (χ1v) is 5.06. The fraction of sp³-hybridized carbons (Fsp3) is 0.556. The van der Waals surface area contributed by atoms with E-state index in [1.54, 1.807) is 25.6 Å². The Morgan fingerprint density at radius 2 is 2.08 bits per heavy atom. The molecule has 1 N–H and O–H groups in total. The molecule has 0 amide bonds. The third-order valence-corrected chi connectivity index (χ3v) is 2.47. The molecule has 0 bridgehead atoms. The first-order valence-electron chi connectivity index (χ1n) is 4.12. The van der Waals surface area contributed by atoms with Gasteiger partial charge in [-0.25, -0.2) is 0 Å². The number of nitrogens with one attached hydrogen (secondary N) is 1. The second kappa shape index (κ2) is 5.21. The second-order valence-corrected chi connectivity index (χ2v) is 3.56. The summed E-state index contributed by atoms with van der Waals surface area (Å²) in [6, 6.07) is 2.17. The summed E-state index contributed by atoms with van der Waals surface area (Å²) >= 11 is 1.66. The molecule has 1 atom stereocenters. The molecular formula is C9H15NO2S. The van der Waals surface area contributed by atoms with Crippen molar-refractivity contribution in [1.82, 2.24) is 0 Å². The van der Waals surface area contributed by atoms with Crippen LogP contribution in [0, 0.1) is 0 Å². The highest BCUT2D eigenvalue weighted by atomic mass is 32.1. The lowest BCUT2D eigenvalue weighted by molar-refractivity contribution is -0.109. The van der Waals surface area contributed by atoms with Crippen molar-refractivity contribution in [3.05, 3.63) is 16.8 Å². The molecule has 1 unspecified atom stereocenters. The largest absolute Gasteiger partial charge is 0.377 e. The SMILES string of the molecule is COC(OC)C(C)Nc1ccsc1. The van der Waals surface area contributed by atoms with Crippen LogP contribution in [0.25, 0.3) is 0 Å². The van der Waals surface area contributed by atoms with Gasteiger partial charge in [0.15, 0.2) is 6.29 Å². The molecule has 1 aromatic heterocycles. The maximum absolute atomic E-state index is 5.13. The summed E-state index contributed by atoms with van der Waals surface area (Å²) in [6.45, 7) is 2.02. The van der Waals surface area contributed by atoms with Gasteiger partial charge in [0.2, 0.25) is 0 Å². The Morgan fingerprint density at radius 3 is 2.54 bits per heavy atom. The van der Waals surface area contributed by atoms with Crippen molar-refractivity contribution in [1.29, 1.82) is 0 Å². The van der Waals surface area contributed by atoms with Crippen LogP contribution in [0.15, 0.2) is 16.8 Å². The van der Waals surface area contributed by atoms with Crippen LogP contribution in [-0.4, -0.2) is 26.6 Å².